The lowest BCUT2D eigenvalue weighted by molar-refractivity contribution is 0.340. The molecule has 0 unspecified atom stereocenters. The first-order chi connectivity index (χ1) is 10.8. The third kappa shape index (κ3) is 5.22. The standard InChI is InChI=1S/C21H28O/c1-3-5-6-7-8-9-18-10-12-19(13-11-18)20-14-16-21(17-15-20)22-4-2/h10-17H,3-9H2,1-2H3. The van der Waals surface area contributed by atoms with Gasteiger partial charge in [0.05, 0.1) is 6.61 Å². The zero-order valence-corrected chi connectivity index (χ0v) is 14.0. The van der Waals surface area contributed by atoms with E-state index >= 15 is 0 Å². The van der Waals surface area contributed by atoms with Crippen LogP contribution < -0.4 is 4.74 Å². The Balaban J connectivity index is 1.88. The van der Waals surface area contributed by atoms with Crippen molar-refractivity contribution in [2.75, 3.05) is 6.61 Å². The number of aryl methyl sites for hydroxylation is 1. The lowest BCUT2D eigenvalue weighted by Crippen LogP contribution is -1.90. The fraction of sp³-hybridized carbons (Fsp3) is 0.429. The molecule has 0 radical (unpaired) electrons. The number of hydrogen-bond acceptors (Lipinski definition) is 1. The maximum Gasteiger partial charge on any atom is 0.119 e. The first kappa shape index (κ1) is 16.6. The van der Waals surface area contributed by atoms with Crippen LogP contribution in [0.5, 0.6) is 5.75 Å². The summed E-state index contributed by atoms with van der Waals surface area (Å²) in [7, 11) is 0. The smallest absolute Gasteiger partial charge is 0.119 e. The minimum absolute atomic E-state index is 0.715. The summed E-state index contributed by atoms with van der Waals surface area (Å²) >= 11 is 0. The highest BCUT2D eigenvalue weighted by Crippen LogP contribution is 2.23. The average Bonchev–Trinajstić information content (AvgIpc) is 2.56. The number of rotatable bonds is 9. The molecule has 0 amide bonds. The fourth-order valence-electron chi connectivity index (χ4n) is 2.71. The van der Waals surface area contributed by atoms with Gasteiger partial charge in [-0.2, -0.15) is 0 Å². The Morgan fingerprint density at radius 3 is 1.86 bits per heavy atom. The van der Waals surface area contributed by atoms with Crippen molar-refractivity contribution in [1.82, 2.24) is 0 Å². The van der Waals surface area contributed by atoms with Crippen molar-refractivity contribution in [3.05, 3.63) is 54.1 Å². The molecule has 0 bridgehead atoms. The first-order valence-corrected chi connectivity index (χ1v) is 8.65. The van der Waals surface area contributed by atoms with Gasteiger partial charge in [0.2, 0.25) is 0 Å². The molecular weight excluding hydrogens is 268 g/mol. The lowest BCUT2D eigenvalue weighted by Gasteiger charge is -2.07. The second-order valence-corrected chi connectivity index (χ2v) is 5.82. The Bertz CT molecular complexity index is 525. The maximum atomic E-state index is 5.49. The molecule has 0 aromatic heterocycles. The van der Waals surface area contributed by atoms with Crippen LogP contribution in [0.25, 0.3) is 11.1 Å². The Morgan fingerprint density at radius 2 is 1.27 bits per heavy atom. The molecule has 2 rings (SSSR count). The normalized spacial score (nSPS) is 10.6. The molecule has 0 spiro atoms. The quantitative estimate of drug-likeness (QED) is 0.496. The van der Waals surface area contributed by atoms with Crippen molar-refractivity contribution in [1.29, 1.82) is 0 Å². The summed E-state index contributed by atoms with van der Waals surface area (Å²) in [5.74, 6) is 0.940. The summed E-state index contributed by atoms with van der Waals surface area (Å²) in [5, 5.41) is 0. The molecule has 0 atom stereocenters. The minimum Gasteiger partial charge on any atom is -0.494 e. The molecular formula is C21H28O. The fourth-order valence-corrected chi connectivity index (χ4v) is 2.71. The molecule has 2 aromatic rings. The molecule has 0 heterocycles. The van der Waals surface area contributed by atoms with Gasteiger partial charge in [-0.3, -0.25) is 0 Å². The molecule has 0 N–H and O–H groups in total. The van der Waals surface area contributed by atoms with Gasteiger partial charge in [0, 0.05) is 0 Å². The van der Waals surface area contributed by atoms with Crippen molar-refractivity contribution in [2.45, 2.75) is 52.4 Å². The molecule has 0 aliphatic carbocycles. The Labute approximate surface area is 135 Å². The summed E-state index contributed by atoms with van der Waals surface area (Å²) in [4.78, 5) is 0. The monoisotopic (exact) mass is 296 g/mol. The second kappa shape index (κ2) is 9.30. The number of ether oxygens (including phenoxy) is 1. The highest BCUT2D eigenvalue weighted by atomic mass is 16.5. The van der Waals surface area contributed by atoms with Crippen molar-refractivity contribution in [3.8, 4) is 16.9 Å². The number of unbranched alkanes of at least 4 members (excludes halogenated alkanes) is 4. The maximum absolute atomic E-state index is 5.49. The van der Waals surface area contributed by atoms with Gasteiger partial charge in [-0.25, -0.2) is 0 Å². The van der Waals surface area contributed by atoms with Gasteiger partial charge in [-0.1, -0.05) is 69.0 Å². The lowest BCUT2D eigenvalue weighted by atomic mass is 10.0. The predicted octanol–water partition coefficient (Wildman–Crippen LogP) is 6.27. The topological polar surface area (TPSA) is 9.23 Å². The van der Waals surface area contributed by atoms with Gasteiger partial charge in [0.15, 0.2) is 0 Å². The van der Waals surface area contributed by atoms with E-state index in [1.165, 1.54) is 55.2 Å². The zero-order valence-electron chi connectivity index (χ0n) is 14.0. The average molecular weight is 296 g/mol. The molecule has 118 valence electrons. The predicted molar refractivity (Wildman–Crippen MR) is 95.5 cm³/mol. The highest BCUT2D eigenvalue weighted by Gasteiger charge is 2.00. The minimum atomic E-state index is 0.715. The molecule has 22 heavy (non-hydrogen) atoms. The molecule has 1 heteroatoms. The van der Waals surface area contributed by atoms with Crippen LogP contribution in [0, 0.1) is 0 Å². The van der Waals surface area contributed by atoms with Crippen molar-refractivity contribution in [2.24, 2.45) is 0 Å². The van der Waals surface area contributed by atoms with E-state index in [9.17, 15) is 0 Å². The van der Waals surface area contributed by atoms with Gasteiger partial charge in [0.1, 0.15) is 5.75 Å². The van der Waals surface area contributed by atoms with Crippen LogP contribution in [0.4, 0.5) is 0 Å². The molecule has 0 aliphatic rings. The van der Waals surface area contributed by atoms with Gasteiger partial charge < -0.3 is 4.74 Å². The second-order valence-electron chi connectivity index (χ2n) is 5.82. The van der Waals surface area contributed by atoms with Crippen LogP contribution >= 0.6 is 0 Å². The summed E-state index contributed by atoms with van der Waals surface area (Å²) in [5.41, 5.74) is 3.97. The van der Waals surface area contributed by atoms with E-state index in [2.05, 4.69) is 43.3 Å². The third-order valence-electron chi connectivity index (χ3n) is 4.02. The molecule has 0 aliphatic heterocycles. The van der Waals surface area contributed by atoms with E-state index in [4.69, 9.17) is 4.74 Å². The molecule has 0 fully saturated rings. The molecule has 0 saturated carbocycles. The zero-order chi connectivity index (χ0) is 15.6. The van der Waals surface area contributed by atoms with Crippen LogP contribution in [0.1, 0.15) is 51.5 Å². The molecule has 1 nitrogen and oxygen atoms in total. The number of hydrogen-bond donors (Lipinski definition) is 0. The summed E-state index contributed by atoms with van der Waals surface area (Å²) in [6, 6.07) is 17.3. The van der Waals surface area contributed by atoms with E-state index < -0.39 is 0 Å². The van der Waals surface area contributed by atoms with Crippen LogP contribution in [-0.2, 0) is 6.42 Å². The SMILES string of the molecule is CCCCCCCc1ccc(-c2ccc(OCC)cc2)cc1. The van der Waals surface area contributed by atoms with E-state index in [1.807, 2.05) is 19.1 Å². The van der Waals surface area contributed by atoms with Gasteiger partial charge in [-0.05, 0) is 48.6 Å². The van der Waals surface area contributed by atoms with Gasteiger partial charge in [-0.15, -0.1) is 0 Å². The van der Waals surface area contributed by atoms with Crippen molar-refractivity contribution < 1.29 is 4.74 Å². The Kier molecular flexibility index (Phi) is 7.02. The van der Waals surface area contributed by atoms with Crippen LogP contribution in [-0.4, -0.2) is 6.61 Å². The molecule has 0 saturated heterocycles. The first-order valence-electron chi connectivity index (χ1n) is 8.65. The van der Waals surface area contributed by atoms with Gasteiger partial charge >= 0.3 is 0 Å². The van der Waals surface area contributed by atoms with Gasteiger partial charge in [0.25, 0.3) is 0 Å². The van der Waals surface area contributed by atoms with E-state index in [0.29, 0.717) is 6.61 Å². The summed E-state index contributed by atoms with van der Waals surface area (Å²) in [6.45, 7) is 4.99. The Morgan fingerprint density at radius 1 is 0.682 bits per heavy atom. The number of benzene rings is 2. The summed E-state index contributed by atoms with van der Waals surface area (Å²) < 4.78 is 5.49. The highest BCUT2D eigenvalue weighted by molar-refractivity contribution is 5.64. The van der Waals surface area contributed by atoms with Crippen LogP contribution in [0.3, 0.4) is 0 Å². The summed E-state index contributed by atoms with van der Waals surface area (Å²) in [6.07, 6.45) is 7.93. The van der Waals surface area contributed by atoms with E-state index in [-0.39, 0.29) is 0 Å². The molecule has 2 aromatic carbocycles. The van der Waals surface area contributed by atoms with Crippen molar-refractivity contribution >= 4 is 0 Å². The van der Waals surface area contributed by atoms with E-state index in [1.54, 1.807) is 0 Å². The van der Waals surface area contributed by atoms with E-state index in [0.717, 1.165) is 5.75 Å². The largest absolute Gasteiger partial charge is 0.494 e. The van der Waals surface area contributed by atoms with Crippen LogP contribution in [0.15, 0.2) is 48.5 Å². The Hall–Kier alpha value is -1.76. The van der Waals surface area contributed by atoms with Crippen LogP contribution in [0.2, 0.25) is 0 Å². The third-order valence-corrected chi connectivity index (χ3v) is 4.02. The van der Waals surface area contributed by atoms with Crippen molar-refractivity contribution in [3.63, 3.8) is 0 Å².